The molecule has 1 aromatic heterocycles. The van der Waals surface area contributed by atoms with E-state index in [9.17, 15) is 13.2 Å². The molecule has 8 nitrogen and oxygen atoms in total. The fourth-order valence-electron chi connectivity index (χ4n) is 4.05. The maximum Gasteiger partial charge on any atom is 0.322 e. The summed E-state index contributed by atoms with van der Waals surface area (Å²) in [5, 5.41) is 10.4. The minimum absolute atomic E-state index is 0.0301. The summed E-state index contributed by atoms with van der Waals surface area (Å²) >= 11 is 1.60. The minimum Gasteiger partial charge on any atom is -0.403 e. The maximum absolute atomic E-state index is 13.0. The van der Waals surface area contributed by atoms with Crippen LogP contribution in [-0.2, 0) is 10.0 Å². The second-order valence-corrected chi connectivity index (χ2v) is 11.2. The highest BCUT2D eigenvalue weighted by Gasteiger charge is 2.31. The second kappa shape index (κ2) is 9.66. The van der Waals surface area contributed by atoms with Crippen molar-refractivity contribution in [2.24, 2.45) is 11.8 Å². The van der Waals surface area contributed by atoms with Gasteiger partial charge in [-0.2, -0.15) is 4.31 Å². The van der Waals surface area contributed by atoms with E-state index >= 15 is 0 Å². The van der Waals surface area contributed by atoms with Crippen LogP contribution in [0.2, 0.25) is 0 Å². The van der Waals surface area contributed by atoms with Gasteiger partial charge in [0.25, 0.3) is 5.91 Å². The number of nitrogens with zero attached hydrogens (tertiary/aromatic N) is 3. The van der Waals surface area contributed by atoms with Crippen LogP contribution in [0.5, 0.6) is 0 Å². The maximum atomic E-state index is 13.0. The van der Waals surface area contributed by atoms with E-state index < -0.39 is 15.9 Å². The van der Waals surface area contributed by atoms with E-state index in [4.69, 9.17) is 4.42 Å². The van der Waals surface area contributed by atoms with Crippen LogP contribution in [0.3, 0.4) is 0 Å². The first-order valence-corrected chi connectivity index (χ1v) is 13.3. The molecule has 10 heteroatoms. The number of benzene rings is 2. The predicted octanol–water partition coefficient (Wildman–Crippen LogP) is 4.38. The van der Waals surface area contributed by atoms with Crippen LogP contribution in [0.4, 0.5) is 6.01 Å². The van der Waals surface area contributed by atoms with Crippen LogP contribution in [0.15, 0.2) is 62.7 Å². The molecule has 1 aliphatic heterocycles. The third kappa shape index (κ3) is 5.29. The van der Waals surface area contributed by atoms with Gasteiger partial charge in [0.2, 0.25) is 15.9 Å². The molecule has 0 saturated carbocycles. The highest BCUT2D eigenvalue weighted by molar-refractivity contribution is 7.98. The fraction of sp³-hybridized carbons (Fsp3) is 0.348. The Morgan fingerprint density at radius 3 is 2.45 bits per heavy atom. The van der Waals surface area contributed by atoms with Gasteiger partial charge < -0.3 is 4.42 Å². The molecule has 174 valence electrons. The van der Waals surface area contributed by atoms with Crippen LogP contribution < -0.4 is 5.32 Å². The Morgan fingerprint density at radius 1 is 1.09 bits per heavy atom. The monoisotopic (exact) mass is 486 g/mol. The smallest absolute Gasteiger partial charge is 0.322 e. The quantitative estimate of drug-likeness (QED) is 0.516. The second-order valence-electron chi connectivity index (χ2n) is 8.39. The van der Waals surface area contributed by atoms with E-state index in [1.54, 1.807) is 11.8 Å². The number of amides is 1. The van der Waals surface area contributed by atoms with Crippen molar-refractivity contribution in [2.75, 3.05) is 24.7 Å². The summed E-state index contributed by atoms with van der Waals surface area (Å²) in [6, 6.07) is 13.5. The van der Waals surface area contributed by atoms with Crippen molar-refractivity contribution in [2.45, 2.75) is 30.1 Å². The molecular weight excluding hydrogens is 460 g/mol. The van der Waals surface area contributed by atoms with E-state index in [0.29, 0.717) is 36.4 Å². The number of hydrogen-bond acceptors (Lipinski definition) is 7. The first kappa shape index (κ1) is 23.5. The molecule has 2 unspecified atom stereocenters. The number of thioether (sulfide) groups is 1. The van der Waals surface area contributed by atoms with Gasteiger partial charge in [-0.1, -0.05) is 25.0 Å². The van der Waals surface area contributed by atoms with Gasteiger partial charge in [0.15, 0.2) is 0 Å². The number of piperidine rings is 1. The highest BCUT2D eigenvalue weighted by atomic mass is 32.2. The summed E-state index contributed by atoms with van der Waals surface area (Å²) in [6.45, 7) is 5.14. The standard InChI is InChI=1S/C23H26N4O4S2/c1-15-11-16(2)14-27(13-15)33(29,30)20-9-7-17(8-10-20)21(28)24-23-26-25-22(31-23)18-5-4-6-19(12-18)32-3/h4-10,12,15-16H,11,13-14H2,1-3H3,(H,24,26,28). The normalized spacial score (nSPS) is 19.4. The first-order valence-electron chi connectivity index (χ1n) is 10.7. The van der Waals surface area contributed by atoms with Gasteiger partial charge in [0, 0.05) is 29.1 Å². The Morgan fingerprint density at radius 2 is 1.79 bits per heavy atom. The van der Waals surface area contributed by atoms with Crippen LogP contribution in [0.1, 0.15) is 30.6 Å². The molecule has 1 N–H and O–H groups in total. The summed E-state index contributed by atoms with van der Waals surface area (Å²) in [4.78, 5) is 13.8. The molecule has 0 spiro atoms. The summed E-state index contributed by atoms with van der Waals surface area (Å²) in [7, 11) is -3.60. The summed E-state index contributed by atoms with van der Waals surface area (Å²) in [5.74, 6) is 0.465. The van der Waals surface area contributed by atoms with E-state index in [1.165, 1.54) is 28.6 Å². The summed E-state index contributed by atoms with van der Waals surface area (Å²) in [5.41, 5.74) is 1.05. The largest absolute Gasteiger partial charge is 0.403 e. The summed E-state index contributed by atoms with van der Waals surface area (Å²) in [6.07, 6.45) is 2.99. The predicted molar refractivity (Wildman–Crippen MR) is 128 cm³/mol. The molecule has 2 aromatic carbocycles. The molecular formula is C23H26N4O4S2. The third-order valence-corrected chi connectivity index (χ3v) is 8.12. The SMILES string of the molecule is CSc1cccc(-c2nnc(NC(=O)c3ccc(S(=O)(=O)N4CC(C)CC(C)C4)cc3)o2)c1. The lowest BCUT2D eigenvalue weighted by molar-refractivity contribution is 0.102. The molecule has 33 heavy (non-hydrogen) atoms. The molecule has 1 saturated heterocycles. The Bertz CT molecular complexity index is 1230. The van der Waals surface area contributed by atoms with Crippen molar-refractivity contribution in [1.82, 2.24) is 14.5 Å². The van der Waals surface area contributed by atoms with Gasteiger partial charge >= 0.3 is 6.01 Å². The van der Waals surface area contributed by atoms with Crippen molar-refractivity contribution < 1.29 is 17.6 Å². The molecule has 2 heterocycles. The molecule has 0 aliphatic carbocycles. The van der Waals surface area contributed by atoms with Crippen LogP contribution in [0, 0.1) is 11.8 Å². The molecule has 3 aromatic rings. The van der Waals surface area contributed by atoms with Crippen molar-refractivity contribution in [3.8, 4) is 11.5 Å². The van der Waals surface area contributed by atoms with Crippen molar-refractivity contribution >= 4 is 33.7 Å². The molecule has 4 rings (SSSR count). The van der Waals surface area contributed by atoms with Gasteiger partial charge in [0.05, 0.1) is 4.90 Å². The van der Waals surface area contributed by atoms with Gasteiger partial charge in [0.1, 0.15) is 0 Å². The zero-order valence-electron chi connectivity index (χ0n) is 18.7. The molecule has 2 atom stereocenters. The average molecular weight is 487 g/mol. The number of anilines is 1. The van der Waals surface area contributed by atoms with Crippen molar-refractivity contribution in [3.63, 3.8) is 0 Å². The number of carbonyl (C=O) groups is 1. The Hall–Kier alpha value is -2.69. The molecule has 1 aliphatic rings. The number of aromatic nitrogens is 2. The highest BCUT2D eigenvalue weighted by Crippen LogP contribution is 2.27. The molecule has 1 fully saturated rings. The topological polar surface area (TPSA) is 105 Å². The zero-order chi connectivity index (χ0) is 23.6. The lowest BCUT2D eigenvalue weighted by Crippen LogP contribution is -2.42. The summed E-state index contributed by atoms with van der Waals surface area (Å²) < 4.78 is 33.2. The Labute approximate surface area is 197 Å². The van der Waals surface area contributed by atoms with Crippen molar-refractivity contribution in [1.29, 1.82) is 0 Å². The van der Waals surface area contributed by atoms with Crippen LogP contribution >= 0.6 is 11.8 Å². The van der Waals surface area contributed by atoms with Gasteiger partial charge in [-0.25, -0.2) is 8.42 Å². The van der Waals surface area contributed by atoms with Gasteiger partial charge in [-0.15, -0.1) is 16.9 Å². The van der Waals surface area contributed by atoms with E-state index in [0.717, 1.165) is 16.9 Å². The lowest BCUT2D eigenvalue weighted by atomic mass is 9.94. The first-order chi connectivity index (χ1) is 15.8. The Balaban J connectivity index is 1.45. The Kier molecular flexibility index (Phi) is 6.87. The molecule has 1 amide bonds. The molecule has 0 bridgehead atoms. The van der Waals surface area contributed by atoms with Crippen molar-refractivity contribution in [3.05, 3.63) is 54.1 Å². The number of hydrogen-bond donors (Lipinski definition) is 1. The van der Waals surface area contributed by atoms with E-state index in [-0.39, 0.29) is 10.9 Å². The lowest BCUT2D eigenvalue weighted by Gasteiger charge is -2.34. The number of carbonyl (C=O) groups excluding carboxylic acids is 1. The third-order valence-electron chi connectivity index (χ3n) is 5.55. The van der Waals surface area contributed by atoms with Crippen LogP contribution in [-0.4, -0.2) is 48.2 Å². The molecule has 0 radical (unpaired) electrons. The number of nitrogens with one attached hydrogen (secondary N) is 1. The minimum atomic E-state index is -3.60. The van der Waals surface area contributed by atoms with Crippen LogP contribution in [0.25, 0.3) is 11.5 Å². The van der Waals surface area contributed by atoms with E-state index in [1.807, 2.05) is 30.5 Å². The average Bonchev–Trinajstić information content (AvgIpc) is 3.27. The van der Waals surface area contributed by atoms with E-state index in [2.05, 4.69) is 29.4 Å². The van der Waals surface area contributed by atoms with Gasteiger partial charge in [-0.3, -0.25) is 10.1 Å². The number of sulfonamides is 1. The van der Waals surface area contributed by atoms with Gasteiger partial charge in [-0.05, 0) is 67.0 Å². The number of rotatable bonds is 6. The zero-order valence-corrected chi connectivity index (χ0v) is 20.3. The fourth-order valence-corrected chi connectivity index (χ4v) is 6.18.